The number of rotatable bonds is 9. The molecule has 0 saturated heterocycles. The minimum Gasteiger partial charge on any atom is -0.497 e. The zero-order valence-electron chi connectivity index (χ0n) is 16.4. The zero-order valence-corrected chi connectivity index (χ0v) is 16.4. The molecule has 152 valence electrons. The molecule has 2 aromatic carbocycles. The number of nitrogens with one attached hydrogen (secondary N) is 1. The third-order valence-electron chi connectivity index (χ3n) is 4.40. The van der Waals surface area contributed by atoms with Crippen molar-refractivity contribution in [3.8, 4) is 5.75 Å². The molecule has 0 saturated carbocycles. The lowest BCUT2D eigenvalue weighted by Gasteiger charge is -2.07. The van der Waals surface area contributed by atoms with E-state index in [4.69, 9.17) is 18.6 Å². The predicted octanol–water partition coefficient (Wildman–Crippen LogP) is 3.10. The van der Waals surface area contributed by atoms with Crippen LogP contribution in [-0.2, 0) is 27.3 Å². The number of hydrogen-bond acceptors (Lipinski definition) is 6. The molecule has 7 nitrogen and oxygen atoms in total. The van der Waals surface area contributed by atoms with Gasteiger partial charge in [0.05, 0.1) is 13.7 Å². The smallest absolute Gasteiger partial charge is 0.375 e. The summed E-state index contributed by atoms with van der Waals surface area (Å²) in [5, 5.41) is 3.51. The summed E-state index contributed by atoms with van der Waals surface area (Å²) in [5.74, 6) is -0.239. The van der Waals surface area contributed by atoms with Gasteiger partial charge in [-0.1, -0.05) is 30.3 Å². The van der Waals surface area contributed by atoms with Crippen LogP contribution in [0.15, 0.2) is 52.9 Å². The molecule has 0 bridgehead atoms. The van der Waals surface area contributed by atoms with Crippen molar-refractivity contribution in [2.24, 2.45) is 0 Å². The monoisotopic (exact) mass is 397 g/mol. The Bertz CT molecular complexity index is 977. The highest BCUT2D eigenvalue weighted by Crippen LogP contribution is 2.27. The maximum atomic E-state index is 12.4. The summed E-state index contributed by atoms with van der Waals surface area (Å²) in [7, 11) is 3.15. The molecule has 3 aromatic rings. The first kappa shape index (κ1) is 20.4. The van der Waals surface area contributed by atoms with Crippen LogP contribution in [0.3, 0.4) is 0 Å². The molecule has 7 heteroatoms. The van der Waals surface area contributed by atoms with Crippen LogP contribution in [0, 0.1) is 0 Å². The summed E-state index contributed by atoms with van der Waals surface area (Å²) in [6.45, 7) is 0.253. The van der Waals surface area contributed by atoms with Gasteiger partial charge in [0.2, 0.25) is 5.76 Å². The van der Waals surface area contributed by atoms with E-state index in [-0.39, 0.29) is 24.9 Å². The Morgan fingerprint density at radius 1 is 1.03 bits per heavy atom. The van der Waals surface area contributed by atoms with Crippen molar-refractivity contribution in [1.82, 2.24) is 5.32 Å². The Kier molecular flexibility index (Phi) is 6.86. The van der Waals surface area contributed by atoms with E-state index in [0.717, 1.165) is 16.7 Å². The molecule has 3 rings (SSSR count). The highest BCUT2D eigenvalue weighted by atomic mass is 16.5. The number of benzene rings is 2. The van der Waals surface area contributed by atoms with Crippen molar-refractivity contribution >= 4 is 22.8 Å². The molecule has 0 spiro atoms. The van der Waals surface area contributed by atoms with Crippen LogP contribution in [0.2, 0.25) is 0 Å². The summed E-state index contributed by atoms with van der Waals surface area (Å²) < 4.78 is 21.0. The summed E-state index contributed by atoms with van der Waals surface area (Å²) >= 11 is 0. The number of carbonyl (C=O) groups is 2. The van der Waals surface area contributed by atoms with Gasteiger partial charge in [-0.3, -0.25) is 4.79 Å². The first-order valence-corrected chi connectivity index (χ1v) is 9.18. The summed E-state index contributed by atoms with van der Waals surface area (Å²) in [6, 6.07) is 14.9. The summed E-state index contributed by atoms with van der Waals surface area (Å²) in [5.41, 5.74) is 2.23. The Hall–Kier alpha value is -3.32. The lowest BCUT2D eigenvalue weighted by Crippen LogP contribution is -2.30. The molecule has 1 amide bonds. The number of carbonyl (C=O) groups excluding carboxylic acids is 2. The maximum absolute atomic E-state index is 12.4. The Labute approximate surface area is 168 Å². The van der Waals surface area contributed by atoms with Crippen molar-refractivity contribution < 1.29 is 28.2 Å². The van der Waals surface area contributed by atoms with E-state index in [1.54, 1.807) is 13.2 Å². The Morgan fingerprint density at radius 3 is 2.52 bits per heavy atom. The van der Waals surface area contributed by atoms with Crippen molar-refractivity contribution in [2.45, 2.75) is 13.0 Å². The van der Waals surface area contributed by atoms with E-state index in [1.165, 1.54) is 7.11 Å². The Morgan fingerprint density at radius 2 is 1.79 bits per heavy atom. The number of methoxy groups -OCH3 is 2. The molecule has 1 aromatic heterocycles. The molecule has 0 unspecified atom stereocenters. The average Bonchev–Trinajstić information content (AvgIpc) is 3.11. The van der Waals surface area contributed by atoms with Gasteiger partial charge in [-0.25, -0.2) is 4.79 Å². The molecule has 0 radical (unpaired) electrons. The second kappa shape index (κ2) is 9.75. The quantitative estimate of drug-likeness (QED) is 0.559. The number of hydrogen-bond donors (Lipinski definition) is 1. The average molecular weight is 397 g/mol. The van der Waals surface area contributed by atoms with Crippen LogP contribution in [0.5, 0.6) is 5.75 Å². The third-order valence-corrected chi connectivity index (χ3v) is 4.40. The second-order valence-electron chi connectivity index (χ2n) is 6.36. The largest absolute Gasteiger partial charge is 0.497 e. The first-order chi connectivity index (χ1) is 14.1. The highest BCUT2D eigenvalue weighted by molar-refractivity contribution is 5.96. The lowest BCUT2D eigenvalue weighted by molar-refractivity contribution is -0.124. The van der Waals surface area contributed by atoms with Gasteiger partial charge in [-0.15, -0.1) is 0 Å². The van der Waals surface area contributed by atoms with Gasteiger partial charge in [0.15, 0.2) is 6.61 Å². The molecule has 0 aliphatic rings. The van der Waals surface area contributed by atoms with Crippen molar-refractivity contribution in [1.29, 1.82) is 0 Å². The number of ether oxygens (including phenoxy) is 3. The minimum atomic E-state index is -0.696. The van der Waals surface area contributed by atoms with Crippen molar-refractivity contribution in [3.05, 3.63) is 65.4 Å². The number of furan rings is 1. The number of para-hydroxylation sites is 1. The SMILES string of the molecule is COCc1c(C(=O)OCC(=O)NCCc2ccc(OC)cc2)oc2ccccc12. The van der Waals surface area contributed by atoms with E-state index in [0.29, 0.717) is 24.1 Å². The molecule has 0 aliphatic carbocycles. The van der Waals surface area contributed by atoms with Gasteiger partial charge in [0.1, 0.15) is 11.3 Å². The minimum absolute atomic E-state index is 0.0547. The molecular weight excluding hydrogens is 374 g/mol. The third kappa shape index (κ3) is 5.14. The second-order valence-corrected chi connectivity index (χ2v) is 6.36. The molecule has 1 N–H and O–H groups in total. The van der Waals surface area contributed by atoms with Crippen LogP contribution in [0.25, 0.3) is 11.0 Å². The van der Waals surface area contributed by atoms with E-state index >= 15 is 0 Å². The van der Waals surface area contributed by atoms with Gasteiger partial charge >= 0.3 is 5.97 Å². The summed E-state index contributed by atoms with van der Waals surface area (Å²) in [4.78, 5) is 24.4. The topological polar surface area (TPSA) is 87.0 Å². The van der Waals surface area contributed by atoms with Crippen molar-refractivity contribution in [2.75, 3.05) is 27.4 Å². The van der Waals surface area contributed by atoms with Crippen LogP contribution in [0.1, 0.15) is 21.7 Å². The van der Waals surface area contributed by atoms with Gasteiger partial charge in [0.25, 0.3) is 5.91 Å². The summed E-state index contributed by atoms with van der Waals surface area (Å²) in [6.07, 6.45) is 0.658. The zero-order chi connectivity index (χ0) is 20.6. The van der Waals surface area contributed by atoms with Gasteiger partial charge in [0, 0.05) is 24.6 Å². The molecule has 0 atom stereocenters. The lowest BCUT2D eigenvalue weighted by atomic mass is 10.1. The van der Waals surface area contributed by atoms with Crippen LogP contribution >= 0.6 is 0 Å². The fourth-order valence-electron chi connectivity index (χ4n) is 2.94. The molecule has 29 heavy (non-hydrogen) atoms. The number of fused-ring (bicyclic) bond motifs is 1. The van der Waals surface area contributed by atoms with E-state index in [9.17, 15) is 9.59 Å². The number of esters is 1. The molecule has 0 fully saturated rings. The standard InChI is InChI=1S/C22H23NO6/c1-26-13-18-17-5-3-4-6-19(17)29-21(18)22(25)28-14-20(24)23-12-11-15-7-9-16(27-2)10-8-15/h3-10H,11-14H2,1-2H3,(H,23,24). The first-order valence-electron chi connectivity index (χ1n) is 9.18. The normalized spacial score (nSPS) is 10.7. The van der Waals surface area contributed by atoms with Gasteiger partial charge in [-0.05, 0) is 30.2 Å². The fourth-order valence-corrected chi connectivity index (χ4v) is 2.94. The van der Waals surface area contributed by atoms with Crippen LogP contribution in [0.4, 0.5) is 0 Å². The molecular formula is C22H23NO6. The predicted molar refractivity (Wildman–Crippen MR) is 107 cm³/mol. The Balaban J connectivity index is 1.51. The van der Waals surface area contributed by atoms with E-state index in [1.807, 2.05) is 42.5 Å². The van der Waals surface area contributed by atoms with E-state index in [2.05, 4.69) is 5.32 Å². The van der Waals surface area contributed by atoms with Crippen molar-refractivity contribution in [3.63, 3.8) is 0 Å². The van der Waals surface area contributed by atoms with E-state index < -0.39 is 5.97 Å². The number of amides is 1. The van der Waals surface area contributed by atoms with Crippen LogP contribution < -0.4 is 10.1 Å². The maximum Gasteiger partial charge on any atom is 0.375 e. The van der Waals surface area contributed by atoms with Gasteiger partial charge < -0.3 is 23.9 Å². The molecule has 1 heterocycles. The van der Waals surface area contributed by atoms with Gasteiger partial charge in [-0.2, -0.15) is 0 Å². The molecule has 0 aliphatic heterocycles. The highest BCUT2D eigenvalue weighted by Gasteiger charge is 2.22. The van der Waals surface area contributed by atoms with Crippen LogP contribution in [-0.4, -0.2) is 39.2 Å². The fraction of sp³-hybridized carbons (Fsp3) is 0.273.